The lowest BCUT2D eigenvalue weighted by molar-refractivity contribution is -0.117. The predicted octanol–water partition coefficient (Wildman–Crippen LogP) is 0.834. The molecule has 1 aromatic heterocycles. The van der Waals surface area contributed by atoms with E-state index in [0.29, 0.717) is 16.6 Å². The van der Waals surface area contributed by atoms with Crippen molar-refractivity contribution in [3.05, 3.63) is 58.9 Å². The summed E-state index contributed by atoms with van der Waals surface area (Å²) in [6.07, 6.45) is 1.10. The molecule has 3 aromatic rings. The van der Waals surface area contributed by atoms with Crippen molar-refractivity contribution in [1.82, 2.24) is 15.0 Å². The maximum Gasteiger partial charge on any atom is 0.278 e. The zero-order valence-corrected chi connectivity index (χ0v) is 14.0. The number of anilines is 1. The number of sulfone groups is 1. The Morgan fingerprint density at radius 3 is 2.48 bits per heavy atom. The van der Waals surface area contributed by atoms with E-state index in [-0.39, 0.29) is 11.4 Å². The molecule has 0 saturated carbocycles. The lowest BCUT2D eigenvalue weighted by Gasteiger charge is -2.07. The van der Waals surface area contributed by atoms with Crippen LogP contribution >= 0.6 is 0 Å². The van der Waals surface area contributed by atoms with Crippen LogP contribution in [0.3, 0.4) is 0 Å². The molecule has 9 heteroatoms. The number of benzene rings is 2. The van der Waals surface area contributed by atoms with Crippen molar-refractivity contribution in [2.45, 2.75) is 11.4 Å². The Bertz CT molecular complexity index is 1100. The third-order valence-electron chi connectivity index (χ3n) is 3.49. The second-order valence-corrected chi connectivity index (χ2v) is 7.43. The van der Waals surface area contributed by atoms with Gasteiger partial charge in [-0.2, -0.15) is 0 Å². The van der Waals surface area contributed by atoms with Gasteiger partial charge in [0.2, 0.25) is 5.91 Å². The molecule has 0 aliphatic heterocycles. The third-order valence-corrected chi connectivity index (χ3v) is 4.62. The highest BCUT2D eigenvalue weighted by Gasteiger charge is 2.11. The molecule has 0 aliphatic carbocycles. The van der Waals surface area contributed by atoms with E-state index < -0.39 is 21.3 Å². The molecule has 25 heavy (non-hydrogen) atoms. The molecule has 0 unspecified atom stereocenters. The molecule has 0 spiro atoms. The van der Waals surface area contributed by atoms with Crippen LogP contribution in [0.15, 0.2) is 58.2 Å². The van der Waals surface area contributed by atoms with E-state index in [1.54, 1.807) is 24.3 Å². The Hall–Kier alpha value is -3.07. The van der Waals surface area contributed by atoms with Crippen LogP contribution in [-0.4, -0.2) is 35.6 Å². The maximum atomic E-state index is 12.3. The summed E-state index contributed by atoms with van der Waals surface area (Å²) in [5, 5.41) is 10.6. The van der Waals surface area contributed by atoms with Crippen molar-refractivity contribution < 1.29 is 13.2 Å². The van der Waals surface area contributed by atoms with Gasteiger partial charge in [-0.15, -0.1) is 5.10 Å². The fourth-order valence-corrected chi connectivity index (χ4v) is 2.88. The standard InChI is InChI=1S/C16H14N4O4S/c1-25(23,24)12-8-6-11(7-9-12)17-15(21)10-20-16(22)13-4-2-3-5-14(13)18-19-20/h2-9H,10H2,1H3,(H,17,21). The Kier molecular flexibility index (Phi) is 4.32. The van der Waals surface area contributed by atoms with Crippen LogP contribution in [0.2, 0.25) is 0 Å². The Labute approximate surface area is 143 Å². The summed E-state index contributed by atoms with van der Waals surface area (Å²) in [4.78, 5) is 24.5. The van der Waals surface area contributed by atoms with Crippen molar-refractivity contribution in [2.75, 3.05) is 11.6 Å². The lowest BCUT2D eigenvalue weighted by atomic mass is 10.2. The van der Waals surface area contributed by atoms with Gasteiger partial charge in [0, 0.05) is 11.9 Å². The summed E-state index contributed by atoms with van der Waals surface area (Å²) >= 11 is 0. The number of fused-ring (bicyclic) bond motifs is 1. The quantitative estimate of drug-likeness (QED) is 0.740. The first-order chi connectivity index (χ1) is 11.8. The summed E-state index contributed by atoms with van der Waals surface area (Å²) in [7, 11) is -3.30. The van der Waals surface area contributed by atoms with E-state index in [1.165, 1.54) is 24.3 Å². The van der Waals surface area contributed by atoms with Gasteiger partial charge in [0.1, 0.15) is 12.1 Å². The van der Waals surface area contributed by atoms with Crippen LogP contribution in [0.1, 0.15) is 0 Å². The minimum atomic E-state index is -3.30. The van der Waals surface area contributed by atoms with E-state index in [0.717, 1.165) is 10.9 Å². The van der Waals surface area contributed by atoms with E-state index in [1.807, 2.05) is 0 Å². The fourth-order valence-electron chi connectivity index (χ4n) is 2.25. The first kappa shape index (κ1) is 16.8. The zero-order valence-electron chi connectivity index (χ0n) is 13.2. The van der Waals surface area contributed by atoms with Crippen molar-refractivity contribution in [3.8, 4) is 0 Å². The van der Waals surface area contributed by atoms with Gasteiger partial charge in [-0.25, -0.2) is 13.1 Å². The SMILES string of the molecule is CS(=O)(=O)c1ccc(NC(=O)Cn2nnc3ccccc3c2=O)cc1. The number of hydrogen-bond donors (Lipinski definition) is 1. The van der Waals surface area contributed by atoms with E-state index in [2.05, 4.69) is 15.6 Å². The van der Waals surface area contributed by atoms with Gasteiger partial charge in [-0.05, 0) is 36.4 Å². The minimum absolute atomic E-state index is 0.155. The highest BCUT2D eigenvalue weighted by molar-refractivity contribution is 7.90. The van der Waals surface area contributed by atoms with Crippen molar-refractivity contribution in [1.29, 1.82) is 0 Å². The minimum Gasteiger partial charge on any atom is -0.324 e. The summed E-state index contributed by atoms with van der Waals surface area (Å²) < 4.78 is 23.8. The Morgan fingerprint density at radius 1 is 1.12 bits per heavy atom. The molecule has 0 aliphatic rings. The highest BCUT2D eigenvalue weighted by Crippen LogP contribution is 2.13. The van der Waals surface area contributed by atoms with Crippen molar-refractivity contribution >= 4 is 32.3 Å². The predicted molar refractivity (Wildman–Crippen MR) is 92.0 cm³/mol. The van der Waals surface area contributed by atoms with Gasteiger partial charge in [0.25, 0.3) is 5.56 Å². The number of carbonyl (C=O) groups excluding carboxylic acids is 1. The zero-order chi connectivity index (χ0) is 18.0. The number of rotatable bonds is 4. The molecule has 8 nitrogen and oxygen atoms in total. The highest BCUT2D eigenvalue weighted by atomic mass is 32.2. The number of nitrogens with zero attached hydrogens (tertiary/aromatic N) is 3. The number of nitrogens with one attached hydrogen (secondary N) is 1. The summed E-state index contributed by atoms with van der Waals surface area (Å²) in [6.45, 7) is -0.301. The average molecular weight is 358 g/mol. The number of amides is 1. The van der Waals surface area contributed by atoms with Gasteiger partial charge < -0.3 is 5.32 Å². The lowest BCUT2D eigenvalue weighted by Crippen LogP contribution is -2.30. The smallest absolute Gasteiger partial charge is 0.278 e. The van der Waals surface area contributed by atoms with Gasteiger partial charge in [-0.1, -0.05) is 17.3 Å². The molecule has 128 valence electrons. The van der Waals surface area contributed by atoms with Gasteiger partial charge in [0.05, 0.1) is 10.3 Å². The molecule has 0 fully saturated rings. The van der Waals surface area contributed by atoms with E-state index in [9.17, 15) is 18.0 Å². The molecule has 1 amide bonds. The van der Waals surface area contributed by atoms with Crippen molar-refractivity contribution in [3.63, 3.8) is 0 Å². The second kappa shape index (κ2) is 6.44. The van der Waals surface area contributed by atoms with Crippen LogP contribution in [0.5, 0.6) is 0 Å². The van der Waals surface area contributed by atoms with Crippen molar-refractivity contribution in [2.24, 2.45) is 0 Å². The first-order valence-corrected chi connectivity index (χ1v) is 9.16. The van der Waals surface area contributed by atoms with Crippen LogP contribution in [0.25, 0.3) is 10.9 Å². The fraction of sp³-hybridized carbons (Fsp3) is 0.125. The Morgan fingerprint density at radius 2 is 1.80 bits per heavy atom. The molecular formula is C16H14N4O4S. The van der Waals surface area contributed by atoms with Crippen LogP contribution in [0.4, 0.5) is 5.69 Å². The maximum absolute atomic E-state index is 12.3. The summed E-state index contributed by atoms with van der Waals surface area (Å²) in [6, 6.07) is 12.5. The summed E-state index contributed by atoms with van der Waals surface area (Å²) in [5.74, 6) is -0.473. The molecule has 3 rings (SSSR count). The largest absolute Gasteiger partial charge is 0.324 e. The monoisotopic (exact) mass is 358 g/mol. The molecule has 0 bridgehead atoms. The summed E-state index contributed by atoms with van der Waals surface area (Å²) in [5.41, 5.74) is 0.466. The number of carbonyl (C=O) groups is 1. The Balaban J connectivity index is 1.77. The normalized spacial score (nSPS) is 11.4. The molecule has 2 aromatic carbocycles. The molecule has 0 radical (unpaired) electrons. The van der Waals surface area contributed by atoms with Crippen LogP contribution in [-0.2, 0) is 21.2 Å². The van der Waals surface area contributed by atoms with E-state index in [4.69, 9.17) is 0 Å². The molecule has 1 heterocycles. The molecule has 0 saturated heterocycles. The van der Waals surface area contributed by atoms with Crippen LogP contribution in [0, 0.1) is 0 Å². The average Bonchev–Trinajstić information content (AvgIpc) is 2.57. The first-order valence-electron chi connectivity index (χ1n) is 7.27. The second-order valence-electron chi connectivity index (χ2n) is 5.41. The topological polar surface area (TPSA) is 111 Å². The molecule has 1 N–H and O–H groups in total. The van der Waals surface area contributed by atoms with Gasteiger partial charge in [-0.3, -0.25) is 9.59 Å². The molecule has 0 atom stereocenters. The number of hydrogen-bond acceptors (Lipinski definition) is 6. The van der Waals surface area contributed by atoms with E-state index >= 15 is 0 Å². The molecular weight excluding hydrogens is 344 g/mol. The van der Waals surface area contributed by atoms with Gasteiger partial charge in [0.15, 0.2) is 9.84 Å². The van der Waals surface area contributed by atoms with Gasteiger partial charge >= 0.3 is 0 Å². The number of aromatic nitrogens is 3. The third kappa shape index (κ3) is 3.72. The van der Waals surface area contributed by atoms with Crippen LogP contribution < -0.4 is 10.9 Å².